The van der Waals surface area contributed by atoms with Crippen LogP contribution < -0.4 is 4.90 Å². The molecule has 0 saturated carbocycles. The molecule has 7 heteroatoms. The molecule has 2 heterocycles. The summed E-state index contributed by atoms with van der Waals surface area (Å²) in [6.45, 7) is 5.94. The number of aryl methyl sites for hydroxylation is 2. The summed E-state index contributed by atoms with van der Waals surface area (Å²) >= 11 is 0. The molecule has 136 valence electrons. The predicted octanol–water partition coefficient (Wildman–Crippen LogP) is 1.60. The largest absolute Gasteiger partial charge is 0.452 e. The van der Waals surface area contributed by atoms with Crippen molar-refractivity contribution in [3.8, 4) is 0 Å². The zero-order valence-corrected chi connectivity index (χ0v) is 15.0. The molecular weight excluding hydrogens is 332 g/mol. The van der Waals surface area contributed by atoms with Crippen molar-refractivity contribution >= 4 is 17.8 Å². The van der Waals surface area contributed by atoms with Gasteiger partial charge in [0.15, 0.2) is 6.61 Å². The van der Waals surface area contributed by atoms with Gasteiger partial charge in [-0.3, -0.25) is 4.79 Å². The Morgan fingerprint density at radius 2 is 1.77 bits per heavy atom. The van der Waals surface area contributed by atoms with E-state index in [0.717, 1.165) is 11.1 Å². The van der Waals surface area contributed by atoms with Crippen LogP contribution in [0.4, 0.5) is 5.95 Å². The maximum absolute atomic E-state index is 12.3. The maximum Gasteiger partial charge on any atom is 0.338 e. The normalized spacial score (nSPS) is 14.2. The smallest absolute Gasteiger partial charge is 0.338 e. The number of nitrogens with zero attached hydrogens (tertiary/aromatic N) is 4. The number of anilines is 1. The Balaban J connectivity index is 1.50. The fourth-order valence-electron chi connectivity index (χ4n) is 2.86. The second-order valence-corrected chi connectivity index (χ2v) is 6.31. The van der Waals surface area contributed by atoms with Gasteiger partial charge in [0.05, 0.1) is 5.56 Å². The molecule has 1 aliphatic heterocycles. The molecule has 0 spiro atoms. The van der Waals surface area contributed by atoms with Crippen LogP contribution in [-0.4, -0.2) is 59.5 Å². The molecule has 3 rings (SSSR count). The third kappa shape index (κ3) is 4.17. The van der Waals surface area contributed by atoms with Crippen molar-refractivity contribution in [2.45, 2.75) is 13.8 Å². The standard InChI is InChI=1S/C19H22N4O3/c1-14-4-5-15(2)16(12-14)18(25)26-13-17(24)22-8-10-23(11-9-22)19-20-6-3-7-21-19/h3-7,12H,8-11,13H2,1-2H3. The van der Waals surface area contributed by atoms with E-state index >= 15 is 0 Å². The molecular formula is C19H22N4O3. The molecule has 7 nitrogen and oxygen atoms in total. The number of piperazine rings is 1. The van der Waals surface area contributed by atoms with Gasteiger partial charge in [0.2, 0.25) is 5.95 Å². The number of hydrogen-bond acceptors (Lipinski definition) is 6. The van der Waals surface area contributed by atoms with Gasteiger partial charge in [-0.25, -0.2) is 14.8 Å². The molecule has 0 radical (unpaired) electrons. The number of carbonyl (C=O) groups excluding carboxylic acids is 2. The SMILES string of the molecule is Cc1ccc(C)c(C(=O)OCC(=O)N2CCN(c3ncccn3)CC2)c1. The second kappa shape index (κ2) is 7.95. The number of hydrogen-bond donors (Lipinski definition) is 0. The van der Waals surface area contributed by atoms with Gasteiger partial charge in [-0.05, 0) is 31.5 Å². The summed E-state index contributed by atoms with van der Waals surface area (Å²) in [7, 11) is 0. The lowest BCUT2D eigenvalue weighted by Crippen LogP contribution is -2.50. The molecule has 26 heavy (non-hydrogen) atoms. The first kappa shape index (κ1) is 17.8. The summed E-state index contributed by atoms with van der Waals surface area (Å²) in [4.78, 5) is 36.7. The molecule has 0 unspecified atom stereocenters. The summed E-state index contributed by atoms with van der Waals surface area (Å²) in [5.74, 6) is 0.0223. The van der Waals surface area contributed by atoms with Crippen molar-refractivity contribution < 1.29 is 14.3 Å². The van der Waals surface area contributed by atoms with Gasteiger partial charge in [-0.1, -0.05) is 17.7 Å². The minimum Gasteiger partial charge on any atom is -0.452 e. The monoisotopic (exact) mass is 354 g/mol. The van der Waals surface area contributed by atoms with E-state index in [9.17, 15) is 9.59 Å². The van der Waals surface area contributed by atoms with E-state index in [0.29, 0.717) is 37.7 Å². The molecule has 1 saturated heterocycles. The molecule has 0 bridgehead atoms. The van der Waals surface area contributed by atoms with Crippen LogP contribution in [0.1, 0.15) is 21.5 Å². The highest BCUT2D eigenvalue weighted by Gasteiger charge is 2.23. The lowest BCUT2D eigenvalue weighted by atomic mass is 10.1. The summed E-state index contributed by atoms with van der Waals surface area (Å²) in [6.07, 6.45) is 3.40. The van der Waals surface area contributed by atoms with Gasteiger partial charge in [0.1, 0.15) is 0 Å². The van der Waals surface area contributed by atoms with Gasteiger partial charge < -0.3 is 14.5 Å². The average Bonchev–Trinajstić information content (AvgIpc) is 2.68. The van der Waals surface area contributed by atoms with Crippen LogP contribution in [0.25, 0.3) is 0 Å². The Labute approximate surface area is 152 Å². The lowest BCUT2D eigenvalue weighted by Gasteiger charge is -2.34. The summed E-state index contributed by atoms with van der Waals surface area (Å²) in [5, 5.41) is 0. The number of rotatable bonds is 4. The third-order valence-corrected chi connectivity index (χ3v) is 4.41. The number of esters is 1. The molecule has 0 atom stereocenters. The predicted molar refractivity (Wildman–Crippen MR) is 97.0 cm³/mol. The van der Waals surface area contributed by atoms with Gasteiger partial charge in [-0.2, -0.15) is 0 Å². The van der Waals surface area contributed by atoms with Crippen LogP contribution in [0.2, 0.25) is 0 Å². The zero-order chi connectivity index (χ0) is 18.5. The van der Waals surface area contributed by atoms with Gasteiger partial charge in [0.25, 0.3) is 5.91 Å². The molecule has 1 aromatic heterocycles. The Hall–Kier alpha value is -2.96. The second-order valence-electron chi connectivity index (χ2n) is 6.31. The lowest BCUT2D eigenvalue weighted by molar-refractivity contribution is -0.134. The van der Waals surface area contributed by atoms with Gasteiger partial charge in [-0.15, -0.1) is 0 Å². The average molecular weight is 354 g/mol. The highest BCUT2D eigenvalue weighted by Crippen LogP contribution is 2.13. The topological polar surface area (TPSA) is 75.6 Å². The Morgan fingerprint density at radius 3 is 2.46 bits per heavy atom. The molecule has 1 aliphatic rings. The number of benzene rings is 1. The number of ether oxygens (including phenoxy) is 1. The van der Waals surface area contributed by atoms with Crippen LogP contribution in [0.15, 0.2) is 36.7 Å². The zero-order valence-electron chi connectivity index (χ0n) is 15.0. The Bertz CT molecular complexity index is 787. The van der Waals surface area contributed by atoms with Crippen molar-refractivity contribution in [3.63, 3.8) is 0 Å². The van der Waals surface area contributed by atoms with E-state index in [1.54, 1.807) is 29.4 Å². The van der Waals surface area contributed by atoms with E-state index < -0.39 is 5.97 Å². The van der Waals surface area contributed by atoms with E-state index in [2.05, 4.69) is 9.97 Å². The molecule has 0 N–H and O–H groups in total. The van der Waals surface area contributed by atoms with Crippen LogP contribution in [0.5, 0.6) is 0 Å². The Morgan fingerprint density at radius 1 is 1.08 bits per heavy atom. The van der Waals surface area contributed by atoms with Crippen molar-refractivity contribution in [1.29, 1.82) is 0 Å². The molecule has 0 aliphatic carbocycles. The molecule has 2 aromatic rings. The van der Waals surface area contributed by atoms with Crippen molar-refractivity contribution in [2.75, 3.05) is 37.7 Å². The van der Waals surface area contributed by atoms with Crippen molar-refractivity contribution in [2.24, 2.45) is 0 Å². The summed E-state index contributed by atoms with van der Waals surface area (Å²) in [6, 6.07) is 7.36. The fraction of sp³-hybridized carbons (Fsp3) is 0.368. The quantitative estimate of drug-likeness (QED) is 0.777. The van der Waals surface area contributed by atoms with Crippen molar-refractivity contribution in [3.05, 3.63) is 53.3 Å². The third-order valence-electron chi connectivity index (χ3n) is 4.41. The van der Waals surface area contributed by atoms with Crippen LogP contribution >= 0.6 is 0 Å². The maximum atomic E-state index is 12.3. The molecule has 1 fully saturated rings. The van der Waals surface area contributed by atoms with Crippen molar-refractivity contribution in [1.82, 2.24) is 14.9 Å². The fourth-order valence-corrected chi connectivity index (χ4v) is 2.86. The highest BCUT2D eigenvalue weighted by molar-refractivity contribution is 5.92. The summed E-state index contributed by atoms with van der Waals surface area (Å²) < 4.78 is 5.22. The van der Waals surface area contributed by atoms with Crippen LogP contribution in [0.3, 0.4) is 0 Å². The minimum absolute atomic E-state index is 0.183. The first-order chi connectivity index (χ1) is 12.5. The van der Waals surface area contributed by atoms with E-state index in [1.165, 1.54) is 0 Å². The number of carbonyl (C=O) groups is 2. The summed E-state index contributed by atoms with van der Waals surface area (Å²) in [5.41, 5.74) is 2.32. The first-order valence-corrected chi connectivity index (χ1v) is 8.59. The Kier molecular flexibility index (Phi) is 5.46. The van der Waals surface area contributed by atoms with Gasteiger partial charge in [0, 0.05) is 38.6 Å². The first-order valence-electron chi connectivity index (χ1n) is 8.59. The van der Waals surface area contributed by atoms with Crippen LogP contribution in [-0.2, 0) is 9.53 Å². The molecule has 1 amide bonds. The van der Waals surface area contributed by atoms with Crippen LogP contribution in [0, 0.1) is 13.8 Å². The van der Waals surface area contributed by atoms with Gasteiger partial charge >= 0.3 is 5.97 Å². The number of amides is 1. The highest BCUT2D eigenvalue weighted by atomic mass is 16.5. The van der Waals surface area contributed by atoms with E-state index in [-0.39, 0.29) is 12.5 Å². The minimum atomic E-state index is -0.462. The molecule has 1 aromatic carbocycles. The van der Waals surface area contributed by atoms with E-state index in [1.807, 2.05) is 30.9 Å². The number of aromatic nitrogens is 2. The van der Waals surface area contributed by atoms with E-state index in [4.69, 9.17) is 4.74 Å².